The molecule has 2 unspecified atom stereocenters. The van der Waals surface area contributed by atoms with Gasteiger partial charge in [0.15, 0.2) is 0 Å². The Kier molecular flexibility index (Phi) is 7.89. The third-order valence-corrected chi connectivity index (χ3v) is 5.10. The van der Waals surface area contributed by atoms with Crippen LogP contribution in [0.2, 0.25) is 0 Å². The molecule has 0 aliphatic carbocycles. The van der Waals surface area contributed by atoms with Crippen molar-refractivity contribution in [3.8, 4) is 0 Å². The Morgan fingerprint density at radius 2 is 1.62 bits per heavy atom. The van der Waals surface area contributed by atoms with Crippen LogP contribution in [0, 0.1) is 5.92 Å². The zero-order chi connectivity index (χ0) is 19.2. The molecule has 150 valence electrons. The van der Waals surface area contributed by atoms with Crippen molar-refractivity contribution >= 4 is 11.9 Å². The van der Waals surface area contributed by atoms with E-state index in [1.54, 1.807) is 0 Å². The molecule has 0 aromatic rings. The molecule has 2 fully saturated rings. The Morgan fingerprint density at radius 3 is 2.19 bits per heavy atom. The van der Waals surface area contributed by atoms with Gasteiger partial charge in [0, 0.05) is 31.0 Å². The van der Waals surface area contributed by atoms with Crippen LogP contribution in [-0.4, -0.2) is 60.9 Å². The summed E-state index contributed by atoms with van der Waals surface area (Å²) in [7, 11) is 0. The number of Topliss-reactive ketones (excluding diaryl/α,β-unsaturated/α-hetero) is 1. The Balaban J connectivity index is 1.82. The Labute approximate surface area is 157 Å². The summed E-state index contributed by atoms with van der Waals surface area (Å²) in [5.41, 5.74) is -0.489. The fraction of sp³-hybridized carbons (Fsp3) is 0.900. The quantitative estimate of drug-likeness (QED) is 0.612. The summed E-state index contributed by atoms with van der Waals surface area (Å²) in [6.45, 7) is 9.86. The molecule has 6 nitrogen and oxygen atoms in total. The highest BCUT2D eigenvalue weighted by Crippen LogP contribution is 2.38. The van der Waals surface area contributed by atoms with Gasteiger partial charge in [-0.05, 0) is 59.8 Å². The molecule has 2 aliphatic heterocycles. The fourth-order valence-electron chi connectivity index (χ4n) is 4.00. The van der Waals surface area contributed by atoms with Gasteiger partial charge in [-0.2, -0.15) is 0 Å². The highest BCUT2D eigenvalue weighted by molar-refractivity contribution is 5.81. The molecular formula is C20H35NO5. The van der Waals surface area contributed by atoms with E-state index in [9.17, 15) is 9.59 Å². The van der Waals surface area contributed by atoms with E-state index in [0.717, 1.165) is 32.1 Å². The predicted molar refractivity (Wildman–Crippen MR) is 99.2 cm³/mol. The monoisotopic (exact) mass is 369 g/mol. The van der Waals surface area contributed by atoms with Crippen molar-refractivity contribution < 1.29 is 23.8 Å². The number of piperidine rings is 2. The topological polar surface area (TPSA) is 65.1 Å². The Hall–Kier alpha value is -1.14. The van der Waals surface area contributed by atoms with Crippen molar-refractivity contribution in [3.63, 3.8) is 0 Å². The minimum atomic E-state index is -0.489. The van der Waals surface area contributed by atoms with Gasteiger partial charge >= 0.3 is 6.09 Å². The molecule has 0 saturated carbocycles. The van der Waals surface area contributed by atoms with E-state index in [1.165, 1.54) is 0 Å². The number of ether oxygens (including phenoxy) is 3. The molecule has 0 spiro atoms. The molecule has 0 aromatic carbocycles. The van der Waals surface area contributed by atoms with Crippen molar-refractivity contribution in [2.24, 2.45) is 5.92 Å². The molecule has 2 saturated heterocycles. The highest BCUT2D eigenvalue weighted by atomic mass is 16.6. The first-order valence-corrected chi connectivity index (χ1v) is 10.0. The average Bonchev–Trinajstić information content (AvgIpc) is 2.55. The normalized spacial score (nSPS) is 25.8. The third-order valence-electron chi connectivity index (χ3n) is 5.10. The summed E-state index contributed by atoms with van der Waals surface area (Å²) in [6, 6.07) is 0.260. The second-order valence-corrected chi connectivity index (χ2v) is 8.32. The van der Waals surface area contributed by atoms with Crippen LogP contribution in [0.15, 0.2) is 0 Å². The molecule has 2 aliphatic rings. The van der Waals surface area contributed by atoms with E-state index >= 15 is 0 Å². The van der Waals surface area contributed by atoms with Gasteiger partial charge < -0.3 is 19.1 Å². The van der Waals surface area contributed by atoms with Crippen molar-refractivity contribution in [2.45, 2.75) is 83.9 Å². The van der Waals surface area contributed by atoms with Gasteiger partial charge in [0.2, 0.25) is 0 Å². The fourth-order valence-corrected chi connectivity index (χ4v) is 4.00. The van der Waals surface area contributed by atoms with E-state index < -0.39 is 5.60 Å². The average molecular weight is 370 g/mol. The van der Waals surface area contributed by atoms with E-state index in [4.69, 9.17) is 14.2 Å². The van der Waals surface area contributed by atoms with Crippen LogP contribution in [0.5, 0.6) is 0 Å². The van der Waals surface area contributed by atoms with Gasteiger partial charge in [0.1, 0.15) is 11.4 Å². The van der Waals surface area contributed by atoms with E-state index in [0.29, 0.717) is 32.8 Å². The van der Waals surface area contributed by atoms with E-state index in [-0.39, 0.29) is 29.9 Å². The lowest BCUT2D eigenvalue weighted by Crippen LogP contribution is -2.56. The lowest BCUT2D eigenvalue weighted by molar-refractivity contribution is -0.128. The van der Waals surface area contributed by atoms with Crippen molar-refractivity contribution in [2.75, 3.05) is 26.4 Å². The number of hydrogen-bond donors (Lipinski definition) is 0. The van der Waals surface area contributed by atoms with Crippen LogP contribution in [0.25, 0.3) is 0 Å². The van der Waals surface area contributed by atoms with Crippen molar-refractivity contribution in [1.29, 1.82) is 0 Å². The Morgan fingerprint density at radius 1 is 1.00 bits per heavy atom. The number of hydrogen-bond acceptors (Lipinski definition) is 5. The number of carbonyl (C=O) groups excluding carboxylic acids is 2. The Bertz CT molecular complexity index is 459. The van der Waals surface area contributed by atoms with Crippen molar-refractivity contribution in [3.05, 3.63) is 0 Å². The molecule has 0 radical (unpaired) electrons. The van der Waals surface area contributed by atoms with Crippen molar-refractivity contribution in [1.82, 2.24) is 4.90 Å². The summed E-state index contributed by atoms with van der Waals surface area (Å²) in [6.07, 6.45) is 4.78. The van der Waals surface area contributed by atoms with Crippen LogP contribution in [0.3, 0.4) is 0 Å². The molecule has 2 heterocycles. The largest absolute Gasteiger partial charge is 0.444 e. The van der Waals surface area contributed by atoms with Crippen LogP contribution in [0.4, 0.5) is 4.79 Å². The van der Waals surface area contributed by atoms with Gasteiger partial charge in [0.05, 0.1) is 19.8 Å². The first-order chi connectivity index (χ1) is 12.3. The number of ketones is 1. The molecule has 2 bridgehead atoms. The second-order valence-electron chi connectivity index (χ2n) is 8.32. The molecule has 6 heteroatoms. The highest BCUT2D eigenvalue weighted by Gasteiger charge is 2.44. The molecule has 26 heavy (non-hydrogen) atoms. The second kappa shape index (κ2) is 9.70. The maximum Gasteiger partial charge on any atom is 0.410 e. The first kappa shape index (κ1) is 21.2. The number of amides is 1. The van der Waals surface area contributed by atoms with Gasteiger partial charge in [-0.1, -0.05) is 0 Å². The van der Waals surface area contributed by atoms with Gasteiger partial charge in [-0.3, -0.25) is 4.79 Å². The molecule has 2 atom stereocenters. The SMILES string of the molecule is CCOCCOCCC(=O)C1CC2CCCC(C1)N2C(=O)OC(C)(C)C. The van der Waals surface area contributed by atoms with Gasteiger partial charge in [-0.15, -0.1) is 0 Å². The first-order valence-electron chi connectivity index (χ1n) is 10.0. The third kappa shape index (κ3) is 6.23. The maximum absolute atomic E-state index is 12.6. The molecule has 2 rings (SSSR count). The lowest BCUT2D eigenvalue weighted by atomic mass is 9.76. The van der Waals surface area contributed by atoms with Crippen LogP contribution < -0.4 is 0 Å². The molecule has 0 aromatic heterocycles. The molecule has 1 amide bonds. The number of nitrogens with zero attached hydrogens (tertiary/aromatic N) is 1. The zero-order valence-corrected chi connectivity index (χ0v) is 16.8. The number of fused-ring (bicyclic) bond motifs is 2. The minimum absolute atomic E-state index is 0.0412. The van der Waals surface area contributed by atoms with Gasteiger partial charge in [0.25, 0.3) is 0 Å². The van der Waals surface area contributed by atoms with Crippen LogP contribution >= 0.6 is 0 Å². The zero-order valence-electron chi connectivity index (χ0n) is 16.8. The summed E-state index contributed by atoms with van der Waals surface area (Å²) in [4.78, 5) is 27.1. The van der Waals surface area contributed by atoms with Crippen LogP contribution in [-0.2, 0) is 19.0 Å². The van der Waals surface area contributed by atoms with E-state index in [2.05, 4.69) is 0 Å². The minimum Gasteiger partial charge on any atom is -0.444 e. The molecule has 0 N–H and O–H groups in total. The standard InChI is InChI=1S/C20H35NO5/c1-5-24-11-12-25-10-9-18(22)15-13-16-7-6-8-17(14-15)21(16)19(23)26-20(2,3)4/h15-17H,5-14H2,1-4H3. The van der Waals surface area contributed by atoms with Gasteiger partial charge in [-0.25, -0.2) is 4.79 Å². The lowest BCUT2D eigenvalue weighted by Gasteiger charge is -2.48. The summed E-state index contributed by atoms with van der Waals surface area (Å²) in [5, 5.41) is 0. The summed E-state index contributed by atoms with van der Waals surface area (Å²) in [5.74, 6) is 0.307. The smallest absolute Gasteiger partial charge is 0.410 e. The summed E-state index contributed by atoms with van der Waals surface area (Å²) < 4.78 is 16.3. The predicted octanol–water partition coefficient (Wildman–Crippen LogP) is 3.57. The van der Waals surface area contributed by atoms with E-state index in [1.807, 2.05) is 32.6 Å². The summed E-state index contributed by atoms with van der Waals surface area (Å²) >= 11 is 0. The molecular weight excluding hydrogens is 334 g/mol. The maximum atomic E-state index is 12.6. The number of rotatable bonds is 8. The number of carbonyl (C=O) groups is 2. The van der Waals surface area contributed by atoms with Crippen LogP contribution in [0.1, 0.15) is 66.2 Å².